The minimum Gasteiger partial charge on any atom is -0.344 e. The first-order valence-corrected chi connectivity index (χ1v) is 6.22. The van der Waals surface area contributed by atoms with Crippen LogP contribution in [0.4, 0.5) is 32.2 Å². The third-order valence-corrected chi connectivity index (χ3v) is 3.37. The van der Waals surface area contributed by atoms with Gasteiger partial charge in [-0.05, 0) is 13.3 Å². The van der Waals surface area contributed by atoms with Crippen LogP contribution in [0.2, 0.25) is 0 Å². The number of aromatic nitrogens is 4. The van der Waals surface area contributed by atoms with Crippen LogP contribution in [0.15, 0.2) is 6.07 Å². The molecule has 0 unspecified atom stereocenters. The normalized spacial score (nSPS) is 19.6. The highest BCUT2D eigenvalue weighted by Gasteiger charge is 2.49. The lowest BCUT2D eigenvalue weighted by Gasteiger charge is -2.43. The Balaban J connectivity index is 2.11. The Morgan fingerprint density at radius 1 is 1.14 bits per heavy atom. The van der Waals surface area contributed by atoms with Gasteiger partial charge in [0.1, 0.15) is 11.9 Å². The van der Waals surface area contributed by atoms with E-state index in [4.69, 9.17) is 0 Å². The van der Waals surface area contributed by atoms with Crippen LogP contribution in [0.5, 0.6) is 0 Å². The van der Waals surface area contributed by atoms with Crippen molar-refractivity contribution in [2.45, 2.75) is 31.7 Å². The van der Waals surface area contributed by atoms with Crippen molar-refractivity contribution >= 4 is 11.6 Å². The van der Waals surface area contributed by atoms with Crippen LogP contribution in [0.3, 0.4) is 0 Å². The molecular weight excluding hydrogens is 316 g/mol. The van der Waals surface area contributed by atoms with Gasteiger partial charge >= 0.3 is 12.4 Å². The minimum atomic E-state index is -4.79. The Bertz CT molecular complexity index is 718. The SMILES string of the molecule is Cc1cc(N2CC[C@@H]2C(F)(F)F)n2nc(C(F)(F)F)nc2n1. The molecule has 1 fully saturated rings. The lowest BCUT2D eigenvalue weighted by molar-refractivity contribution is -0.160. The van der Waals surface area contributed by atoms with Gasteiger partial charge in [0.15, 0.2) is 0 Å². The van der Waals surface area contributed by atoms with Crippen molar-refractivity contribution in [2.75, 3.05) is 11.4 Å². The van der Waals surface area contributed by atoms with Gasteiger partial charge in [-0.3, -0.25) is 0 Å². The van der Waals surface area contributed by atoms with Crippen LogP contribution in [-0.2, 0) is 6.18 Å². The molecule has 0 radical (unpaired) electrons. The molecule has 0 aromatic carbocycles. The monoisotopic (exact) mass is 325 g/mol. The zero-order valence-electron chi connectivity index (χ0n) is 11.1. The Morgan fingerprint density at radius 3 is 2.32 bits per heavy atom. The maximum Gasteiger partial charge on any atom is 0.453 e. The summed E-state index contributed by atoms with van der Waals surface area (Å²) in [4.78, 5) is 7.98. The van der Waals surface area contributed by atoms with Gasteiger partial charge < -0.3 is 4.90 Å². The van der Waals surface area contributed by atoms with Crippen LogP contribution in [0, 0.1) is 6.92 Å². The average Bonchev–Trinajstić information content (AvgIpc) is 2.67. The highest BCUT2D eigenvalue weighted by atomic mass is 19.4. The van der Waals surface area contributed by atoms with Crippen molar-refractivity contribution < 1.29 is 26.3 Å². The fourth-order valence-electron chi connectivity index (χ4n) is 2.29. The van der Waals surface area contributed by atoms with Gasteiger partial charge in [-0.15, -0.1) is 5.10 Å². The molecule has 120 valence electrons. The zero-order valence-corrected chi connectivity index (χ0v) is 11.1. The van der Waals surface area contributed by atoms with Crippen molar-refractivity contribution in [3.63, 3.8) is 0 Å². The molecule has 0 saturated carbocycles. The van der Waals surface area contributed by atoms with Crippen molar-refractivity contribution in [2.24, 2.45) is 0 Å². The van der Waals surface area contributed by atoms with E-state index in [1.54, 1.807) is 0 Å². The van der Waals surface area contributed by atoms with E-state index < -0.39 is 24.2 Å². The Labute approximate surface area is 119 Å². The summed E-state index contributed by atoms with van der Waals surface area (Å²) in [5.41, 5.74) is 0.261. The summed E-state index contributed by atoms with van der Waals surface area (Å²) < 4.78 is 77.2. The summed E-state index contributed by atoms with van der Waals surface area (Å²) in [6, 6.07) is -0.476. The second kappa shape index (κ2) is 4.46. The zero-order chi connectivity index (χ0) is 16.3. The molecule has 2 aromatic heterocycles. The van der Waals surface area contributed by atoms with Crippen molar-refractivity contribution in [1.82, 2.24) is 19.6 Å². The molecule has 0 spiro atoms. The number of hydrogen-bond acceptors (Lipinski definition) is 4. The number of anilines is 1. The molecule has 1 atom stereocenters. The average molecular weight is 325 g/mol. The molecule has 11 heteroatoms. The van der Waals surface area contributed by atoms with Crippen LogP contribution in [0.1, 0.15) is 17.9 Å². The number of rotatable bonds is 1. The number of halogens is 6. The number of alkyl halides is 6. The Morgan fingerprint density at radius 2 is 1.82 bits per heavy atom. The van der Waals surface area contributed by atoms with Crippen LogP contribution < -0.4 is 4.90 Å². The topological polar surface area (TPSA) is 46.3 Å². The summed E-state index contributed by atoms with van der Waals surface area (Å²) in [6.45, 7) is 1.54. The molecule has 0 bridgehead atoms. The number of hydrogen-bond donors (Lipinski definition) is 0. The smallest absolute Gasteiger partial charge is 0.344 e. The number of aryl methyl sites for hydroxylation is 1. The fourth-order valence-corrected chi connectivity index (χ4v) is 2.29. The van der Waals surface area contributed by atoms with Gasteiger partial charge in [0.05, 0.1) is 0 Å². The maximum atomic E-state index is 12.8. The van der Waals surface area contributed by atoms with Crippen LogP contribution >= 0.6 is 0 Å². The largest absolute Gasteiger partial charge is 0.453 e. The predicted octanol–water partition coefficient (Wildman–Crippen LogP) is 2.59. The number of nitrogens with zero attached hydrogens (tertiary/aromatic N) is 5. The molecule has 0 aliphatic carbocycles. The van der Waals surface area contributed by atoms with Gasteiger partial charge in [0.2, 0.25) is 0 Å². The van der Waals surface area contributed by atoms with Gasteiger partial charge in [-0.25, -0.2) is 4.98 Å². The Hall–Kier alpha value is -2.07. The highest BCUT2D eigenvalue weighted by Crippen LogP contribution is 2.37. The molecule has 1 saturated heterocycles. The van der Waals surface area contributed by atoms with E-state index in [0.29, 0.717) is 4.52 Å². The van der Waals surface area contributed by atoms with E-state index in [1.165, 1.54) is 13.0 Å². The lowest BCUT2D eigenvalue weighted by atomic mass is 10.0. The molecule has 5 nitrogen and oxygen atoms in total. The van der Waals surface area contributed by atoms with E-state index in [-0.39, 0.29) is 30.3 Å². The lowest BCUT2D eigenvalue weighted by Crippen LogP contribution is -2.56. The predicted molar refractivity (Wildman–Crippen MR) is 62.3 cm³/mol. The van der Waals surface area contributed by atoms with Gasteiger partial charge in [-0.1, -0.05) is 0 Å². The van der Waals surface area contributed by atoms with E-state index >= 15 is 0 Å². The molecule has 1 aliphatic heterocycles. The molecule has 3 heterocycles. The van der Waals surface area contributed by atoms with Crippen molar-refractivity contribution in [1.29, 1.82) is 0 Å². The van der Waals surface area contributed by atoms with E-state index in [2.05, 4.69) is 15.1 Å². The molecule has 2 aromatic rings. The second-order valence-corrected chi connectivity index (χ2v) is 4.94. The molecule has 0 amide bonds. The van der Waals surface area contributed by atoms with Gasteiger partial charge in [-0.2, -0.15) is 35.8 Å². The summed E-state index contributed by atoms with van der Waals surface area (Å²) in [5, 5.41) is 3.25. The summed E-state index contributed by atoms with van der Waals surface area (Å²) >= 11 is 0. The summed E-state index contributed by atoms with van der Waals surface area (Å²) in [7, 11) is 0. The number of fused-ring (bicyclic) bond motifs is 1. The fraction of sp³-hybridized carbons (Fsp3) is 0.545. The molecular formula is C11H9F6N5. The standard InChI is InChI=1S/C11H9F6N5/c1-5-4-7(21-3-2-6(21)10(12,13)14)22-9(18-5)19-8(20-22)11(15,16)17/h4,6H,2-3H2,1H3/t6-/m1/s1. The quantitative estimate of drug-likeness (QED) is 0.756. The molecule has 3 rings (SSSR count). The molecule has 1 aliphatic rings. The Kier molecular flexibility index (Phi) is 3.01. The van der Waals surface area contributed by atoms with Crippen LogP contribution in [-0.4, -0.2) is 38.3 Å². The van der Waals surface area contributed by atoms with E-state index in [0.717, 1.165) is 4.90 Å². The minimum absolute atomic E-state index is 0.0734. The van der Waals surface area contributed by atoms with E-state index in [1.807, 2.05) is 0 Å². The first-order chi connectivity index (χ1) is 10.1. The molecule has 0 N–H and O–H groups in total. The van der Waals surface area contributed by atoms with Crippen molar-refractivity contribution in [3.05, 3.63) is 17.6 Å². The van der Waals surface area contributed by atoms with Crippen molar-refractivity contribution in [3.8, 4) is 0 Å². The first kappa shape index (κ1) is 14.9. The third-order valence-electron chi connectivity index (χ3n) is 3.37. The van der Waals surface area contributed by atoms with E-state index in [9.17, 15) is 26.3 Å². The van der Waals surface area contributed by atoms with Gasteiger partial charge in [0, 0.05) is 18.3 Å². The summed E-state index contributed by atoms with van der Waals surface area (Å²) in [6.07, 6.45) is -9.38. The molecule has 22 heavy (non-hydrogen) atoms. The first-order valence-electron chi connectivity index (χ1n) is 6.22. The third kappa shape index (κ3) is 2.33. The van der Waals surface area contributed by atoms with Gasteiger partial charge in [0.25, 0.3) is 11.6 Å². The highest BCUT2D eigenvalue weighted by molar-refractivity contribution is 5.50. The van der Waals surface area contributed by atoms with Crippen LogP contribution in [0.25, 0.3) is 5.78 Å². The maximum absolute atomic E-state index is 12.8. The summed E-state index contributed by atoms with van der Waals surface area (Å²) in [5.74, 6) is -1.91. The second-order valence-electron chi connectivity index (χ2n) is 4.94.